The van der Waals surface area contributed by atoms with Crippen LogP contribution >= 0.6 is 0 Å². The molecule has 3 rings (SSSR count). The monoisotopic (exact) mass is 293 g/mol. The van der Waals surface area contributed by atoms with Crippen LogP contribution in [-0.4, -0.2) is 16.3 Å². The highest BCUT2D eigenvalue weighted by Crippen LogP contribution is 2.29. The van der Waals surface area contributed by atoms with E-state index in [1.54, 1.807) is 4.57 Å². The zero-order chi connectivity index (χ0) is 15.7. The quantitative estimate of drug-likeness (QED) is 0.625. The molecule has 0 unspecified atom stereocenters. The van der Waals surface area contributed by atoms with Crippen LogP contribution in [-0.2, 0) is 4.74 Å². The number of carbonyl (C=O) groups excluding carboxylic acids is 1. The van der Waals surface area contributed by atoms with Gasteiger partial charge in [0.25, 0.3) is 0 Å². The summed E-state index contributed by atoms with van der Waals surface area (Å²) in [5.41, 5.74) is 2.16. The van der Waals surface area contributed by atoms with Crippen molar-refractivity contribution in [2.75, 3.05) is 0 Å². The fourth-order valence-electron chi connectivity index (χ4n) is 2.48. The molecule has 0 saturated carbocycles. The lowest BCUT2D eigenvalue weighted by molar-refractivity contribution is 0.0547. The van der Waals surface area contributed by atoms with E-state index in [1.807, 2.05) is 81.4 Å². The molecular weight excluding hydrogens is 274 g/mol. The third-order valence-electron chi connectivity index (χ3n) is 3.36. The van der Waals surface area contributed by atoms with E-state index < -0.39 is 5.60 Å². The summed E-state index contributed by atoms with van der Waals surface area (Å²) >= 11 is 0. The maximum absolute atomic E-state index is 12.7. The Morgan fingerprint density at radius 3 is 2.27 bits per heavy atom. The fourth-order valence-corrected chi connectivity index (χ4v) is 2.48. The van der Waals surface area contributed by atoms with Gasteiger partial charge in [0.2, 0.25) is 0 Å². The first-order valence-corrected chi connectivity index (χ1v) is 7.35. The average molecular weight is 293 g/mol. The number of nitrogens with zero attached hydrogens (tertiary/aromatic N) is 1. The Morgan fingerprint density at radius 1 is 0.955 bits per heavy atom. The van der Waals surface area contributed by atoms with Crippen LogP contribution in [0.2, 0.25) is 0 Å². The fraction of sp³-hybridized carbons (Fsp3) is 0.211. The molecule has 0 N–H and O–H groups in total. The molecule has 0 bridgehead atoms. The number of hydrogen-bond acceptors (Lipinski definition) is 2. The molecule has 0 spiro atoms. The topological polar surface area (TPSA) is 31.2 Å². The Balaban J connectivity index is 2.20. The minimum Gasteiger partial charge on any atom is -0.443 e. The Kier molecular flexibility index (Phi) is 3.49. The first kappa shape index (κ1) is 14.4. The van der Waals surface area contributed by atoms with Crippen molar-refractivity contribution in [3.63, 3.8) is 0 Å². The highest BCUT2D eigenvalue weighted by molar-refractivity contribution is 5.96. The molecule has 0 radical (unpaired) electrons. The second kappa shape index (κ2) is 5.34. The molecule has 1 aromatic heterocycles. The molecule has 3 heteroatoms. The summed E-state index contributed by atoms with van der Waals surface area (Å²) in [5.74, 6) is 0. The molecule has 2 aromatic carbocycles. The predicted molar refractivity (Wildman–Crippen MR) is 89.0 cm³/mol. The second-order valence-electron chi connectivity index (χ2n) is 6.27. The van der Waals surface area contributed by atoms with Gasteiger partial charge in [-0.25, -0.2) is 9.36 Å². The van der Waals surface area contributed by atoms with E-state index in [9.17, 15) is 4.79 Å². The van der Waals surface area contributed by atoms with Gasteiger partial charge in [0.1, 0.15) is 5.60 Å². The van der Waals surface area contributed by atoms with Gasteiger partial charge < -0.3 is 4.74 Å². The Bertz CT molecular complexity index is 810. The van der Waals surface area contributed by atoms with E-state index in [2.05, 4.69) is 0 Å². The molecule has 3 nitrogen and oxygen atoms in total. The Labute approximate surface area is 130 Å². The molecule has 0 saturated heterocycles. The highest BCUT2D eigenvalue weighted by atomic mass is 16.6. The van der Waals surface area contributed by atoms with Crippen molar-refractivity contribution in [2.24, 2.45) is 0 Å². The standard InChI is InChI=1S/C19H19NO2/c1-19(2,3)22-18(21)20-16-12-8-7-11-15(16)13-17(20)14-9-5-4-6-10-14/h4-13H,1-3H3. The Morgan fingerprint density at radius 2 is 1.59 bits per heavy atom. The summed E-state index contributed by atoms with van der Waals surface area (Å²) in [4.78, 5) is 12.7. The maximum atomic E-state index is 12.7. The summed E-state index contributed by atoms with van der Waals surface area (Å²) in [7, 11) is 0. The van der Waals surface area contributed by atoms with Gasteiger partial charge >= 0.3 is 6.09 Å². The number of fused-ring (bicyclic) bond motifs is 1. The van der Waals surface area contributed by atoms with E-state index in [0.717, 1.165) is 22.2 Å². The highest BCUT2D eigenvalue weighted by Gasteiger charge is 2.22. The average Bonchev–Trinajstić information content (AvgIpc) is 2.86. The number of ether oxygens (including phenoxy) is 1. The summed E-state index contributed by atoms with van der Waals surface area (Å²) in [6.07, 6.45) is -0.354. The van der Waals surface area contributed by atoms with E-state index in [1.165, 1.54) is 0 Å². The zero-order valence-corrected chi connectivity index (χ0v) is 13.0. The van der Waals surface area contributed by atoms with Crippen molar-refractivity contribution in [3.8, 4) is 11.3 Å². The van der Waals surface area contributed by atoms with E-state index in [-0.39, 0.29) is 6.09 Å². The van der Waals surface area contributed by atoms with E-state index >= 15 is 0 Å². The van der Waals surface area contributed by atoms with Crippen LogP contribution in [0.4, 0.5) is 4.79 Å². The van der Waals surface area contributed by atoms with Crippen LogP contribution < -0.4 is 0 Å². The maximum Gasteiger partial charge on any atom is 0.419 e. The SMILES string of the molecule is CC(C)(C)OC(=O)n1c(-c2ccccc2)cc2ccccc21. The van der Waals surface area contributed by atoms with Gasteiger partial charge in [-0.3, -0.25) is 0 Å². The first-order valence-electron chi connectivity index (χ1n) is 7.35. The van der Waals surface area contributed by atoms with Gasteiger partial charge in [0.05, 0.1) is 11.2 Å². The van der Waals surface area contributed by atoms with Crippen molar-refractivity contribution in [1.82, 2.24) is 4.57 Å². The van der Waals surface area contributed by atoms with Crippen LogP contribution in [0, 0.1) is 0 Å². The van der Waals surface area contributed by atoms with Gasteiger partial charge in [-0.05, 0) is 38.5 Å². The molecule has 0 atom stereocenters. The molecule has 0 aliphatic carbocycles. The molecule has 0 fully saturated rings. The van der Waals surface area contributed by atoms with Crippen LogP contribution in [0.5, 0.6) is 0 Å². The minimum atomic E-state index is -0.531. The van der Waals surface area contributed by atoms with Crippen LogP contribution in [0.1, 0.15) is 20.8 Å². The summed E-state index contributed by atoms with van der Waals surface area (Å²) in [5, 5.41) is 1.02. The first-order chi connectivity index (χ1) is 10.5. The Hall–Kier alpha value is -2.55. The number of hydrogen-bond donors (Lipinski definition) is 0. The molecule has 0 amide bonds. The molecule has 22 heavy (non-hydrogen) atoms. The lowest BCUT2D eigenvalue weighted by Crippen LogP contribution is -2.27. The molecule has 112 valence electrons. The van der Waals surface area contributed by atoms with Crippen molar-refractivity contribution in [3.05, 3.63) is 60.7 Å². The van der Waals surface area contributed by atoms with Crippen LogP contribution in [0.25, 0.3) is 22.2 Å². The zero-order valence-electron chi connectivity index (χ0n) is 13.0. The van der Waals surface area contributed by atoms with Crippen LogP contribution in [0.15, 0.2) is 60.7 Å². The van der Waals surface area contributed by atoms with Gasteiger partial charge in [0.15, 0.2) is 0 Å². The summed E-state index contributed by atoms with van der Waals surface area (Å²) in [6, 6.07) is 19.7. The van der Waals surface area contributed by atoms with Crippen molar-refractivity contribution < 1.29 is 9.53 Å². The normalized spacial score (nSPS) is 11.6. The third-order valence-corrected chi connectivity index (χ3v) is 3.36. The van der Waals surface area contributed by atoms with Crippen molar-refractivity contribution in [1.29, 1.82) is 0 Å². The number of carbonyl (C=O) groups is 1. The number of rotatable bonds is 1. The summed E-state index contributed by atoms with van der Waals surface area (Å²) in [6.45, 7) is 5.62. The van der Waals surface area contributed by atoms with E-state index in [4.69, 9.17) is 4.74 Å². The van der Waals surface area contributed by atoms with Gasteiger partial charge in [-0.2, -0.15) is 0 Å². The largest absolute Gasteiger partial charge is 0.443 e. The number of benzene rings is 2. The van der Waals surface area contributed by atoms with Crippen molar-refractivity contribution in [2.45, 2.75) is 26.4 Å². The smallest absolute Gasteiger partial charge is 0.419 e. The number of aromatic nitrogens is 1. The summed E-state index contributed by atoms with van der Waals surface area (Å²) < 4.78 is 7.23. The molecular formula is C19H19NO2. The predicted octanol–water partition coefficient (Wildman–Crippen LogP) is 5.09. The molecule has 1 heterocycles. The molecule has 0 aliphatic rings. The minimum absolute atomic E-state index is 0.354. The number of para-hydroxylation sites is 1. The molecule has 3 aromatic rings. The van der Waals surface area contributed by atoms with Crippen LogP contribution in [0.3, 0.4) is 0 Å². The lowest BCUT2D eigenvalue weighted by atomic mass is 10.1. The van der Waals surface area contributed by atoms with Gasteiger partial charge in [-0.15, -0.1) is 0 Å². The van der Waals surface area contributed by atoms with E-state index in [0.29, 0.717) is 0 Å². The second-order valence-corrected chi connectivity index (χ2v) is 6.27. The van der Waals surface area contributed by atoms with Crippen molar-refractivity contribution >= 4 is 17.0 Å². The lowest BCUT2D eigenvalue weighted by Gasteiger charge is -2.21. The van der Waals surface area contributed by atoms with Gasteiger partial charge in [0, 0.05) is 5.39 Å². The third kappa shape index (κ3) is 2.75. The van der Waals surface area contributed by atoms with Gasteiger partial charge in [-0.1, -0.05) is 48.5 Å². The molecule has 0 aliphatic heterocycles.